The summed E-state index contributed by atoms with van der Waals surface area (Å²) in [5.41, 5.74) is 4.16. The Kier molecular flexibility index (Phi) is 9.24. The number of hydrogen-bond donors (Lipinski definition) is 3. The standard InChI is InChI=1S/C21H23BrClF3N6O/c1-12(19(30-11-28)31-13(2)29-9-17(22)8-27)32(10-14-3-4-14)20(33)15-5-16(21(24,25)26)7-18(23)6-15/h5-9,11-12,14H,2-4,10,27H2,1H3,(H2,28,30,31)/b17-8+,29-9-. The fourth-order valence-corrected chi connectivity index (χ4v) is 3.20. The van der Waals surface area contributed by atoms with E-state index in [0.29, 0.717) is 11.0 Å². The van der Waals surface area contributed by atoms with Gasteiger partial charge in [-0.2, -0.15) is 13.2 Å². The fraction of sp³-hybridized carbons (Fsp3) is 0.333. The average Bonchev–Trinajstić information content (AvgIpc) is 3.57. The summed E-state index contributed by atoms with van der Waals surface area (Å²) >= 11 is 9.04. The number of nitrogens with one attached hydrogen (secondary N) is 2. The number of nitrogens with zero attached hydrogens (tertiary/aromatic N) is 3. The summed E-state index contributed by atoms with van der Waals surface area (Å²) in [5.74, 6) is -0.0789. The van der Waals surface area contributed by atoms with Gasteiger partial charge in [-0.1, -0.05) is 18.2 Å². The molecule has 1 fully saturated rings. The van der Waals surface area contributed by atoms with Gasteiger partial charge in [0.25, 0.3) is 5.91 Å². The van der Waals surface area contributed by atoms with Crippen molar-refractivity contribution in [1.29, 1.82) is 5.41 Å². The summed E-state index contributed by atoms with van der Waals surface area (Å²) in [7, 11) is 0. The molecule has 0 spiro atoms. The smallest absolute Gasteiger partial charge is 0.404 e. The van der Waals surface area contributed by atoms with Gasteiger partial charge in [-0.3, -0.25) is 10.2 Å². The molecule has 33 heavy (non-hydrogen) atoms. The van der Waals surface area contributed by atoms with Crippen molar-refractivity contribution < 1.29 is 18.0 Å². The number of carbonyl (C=O) groups excluding carboxylic acids is 1. The topological polar surface area (TPSA) is 107 Å². The molecule has 0 bridgehead atoms. The molecule has 1 aliphatic rings. The van der Waals surface area contributed by atoms with Crippen LogP contribution in [0.3, 0.4) is 0 Å². The van der Waals surface area contributed by atoms with Crippen molar-refractivity contribution in [2.45, 2.75) is 32.0 Å². The van der Waals surface area contributed by atoms with E-state index in [1.807, 2.05) is 0 Å². The molecule has 1 aromatic rings. The Labute approximate surface area is 202 Å². The normalized spacial score (nSPS) is 15.9. The van der Waals surface area contributed by atoms with Gasteiger partial charge in [-0.25, -0.2) is 9.98 Å². The summed E-state index contributed by atoms with van der Waals surface area (Å²) in [6.07, 6.45) is 0.610. The molecule has 178 valence electrons. The van der Waals surface area contributed by atoms with Gasteiger partial charge in [0.15, 0.2) is 0 Å². The lowest BCUT2D eigenvalue weighted by Gasteiger charge is -2.31. The molecule has 0 heterocycles. The van der Waals surface area contributed by atoms with Gasteiger partial charge in [0.05, 0.1) is 16.1 Å². The van der Waals surface area contributed by atoms with Crippen molar-refractivity contribution in [2.24, 2.45) is 21.6 Å². The quantitative estimate of drug-likeness (QED) is 0.301. The largest absolute Gasteiger partial charge is 0.416 e. The second-order valence-electron chi connectivity index (χ2n) is 7.33. The fourth-order valence-electron chi connectivity index (χ4n) is 2.86. The summed E-state index contributed by atoms with van der Waals surface area (Å²) in [6, 6.07) is 2.02. The summed E-state index contributed by atoms with van der Waals surface area (Å²) in [6.45, 7) is 5.71. The minimum atomic E-state index is -4.65. The Morgan fingerprint density at radius 3 is 2.67 bits per heavy atom. The molecule has 12 heteroatoms. The zero-order valence-electron chi connectivity index (χ0n) is 17.7. The molecule has 0 aliphatic heterocycles. The average molecular weight is 548 g/mol. The van der Waals surface area contributed by atoms with Crippen LogP contribution in [-0.2, 0) is 6.18 Å². The van der Waals surface area contributed by atoms with Crippen LogP contribution in [0.1, 0.15) is 35.7 Å². The highest BCUT2D eigenvalue weighted by molar-refractivity contribution is 9.12. The van der Waals surface area contributed by atoms with Crippen LogP contribution in [0.25, 0.3) is 0 Å². The first-order chi connectivity index (χ1) is 15.5. The van der Waals surface area contributed by atoms with E-state index in [-0.39, 0.29) is 28.2 Å². The van der Waals surface area contributed by atoms with Crippen LogP contribution >= 0.6 is 27.5 Å². The highest BCUT2D eigenvalue weighted by atomic mass is 79.9. The number of carbonyl (C=O) groups is 1. The van der Waals surface area contributed by atoms with Crippen LogP contribution in [-0.4, -0.2) is 41.8 Å². The van der Waals surface area contributed by atoms with Crippen molar-refractivity contribution in [2.75, 3.05) is 6.54 Å². The number of benzene rings is 1. The molecular weight excluding hydrogens is 525 g/mol. The molecule has 1 saturated carbocycles. The van der Waals surface area contributed by atoms with Gasteiger partial charge >= 0.3 is 6.18 Å². The summed E-state index contributed by atoms with van der Waals surface area (Å²) in [5, 5.41) is 10.0. The maximum absolute atomic E-state index is 13.3. The first-order valence-corrected chi connectivity index (χ1v) is 11.0. The maximum Gasteiger partial charge on any atom is 0.416 e. The third-order valence-electron chi connectivity index (χ3n) is 4.73. The number of nitrogens with two attached hydrogens (primary N) is 1. The predicted molar refractivity (Wildman–Crippen MR) is 128 cm³/mol. The molecular formula is C21H23BrClF3N6O. The summed E-state index contributed by atoms with van der Waals surface area (Å²) < 4.78 is 40.2. The summed E-state index contributed by atoms with van der Waals surface area (Å²) in [4.78, 5) is 22.7. The van der Waals surface area contributed by atoms with E-state index >= 15 is 0 Å². The highest BCUT2D eigenvalue weighted by Gasteiger charge is 2.35. The van der Waals surface area contributed by atoms with E-state index in [2.05, 4.69) is 37.8 Å². The van der Waals surface area contributed by atoms with Gasteiger partial charge in [-0.15, -0.1) is 0 Å². The minimum absolute atomic E-state index is 0.155. The van der Waals surface area contributed by atoms with Crippen molar-refractivity contribution in [3.05, 3.63) is 57.4 Å². The van der Waals surface area contributed by atoms with E-state index in [1.54, 1.807) is 6.92 Å². The van der Waals surface area contributed by atoms with E-state index in [9.17, 15) is 18.0 Å². The molecule has 0 aromatic heterocycles. The SMILES string of the molecule is C=C(/N=C\C(Br)=C/N)N/C(=N\C=N)C(C)N(CC1CC1)C(=O)c1cc(Cl)cc(C(F)(F)F)c1. The number of rotatable bonds is 9. The van der Waals surface area contributed by atoms with E-state index in [4.69, 9.17) is 22.7 Å². The Hall–Kier alpha value is -2.66. The van der Waals surface area contributed by atoms with Crippen LogP contribution in [0.2, 0.25) is 5.02 Å². The van der Waals surface area contributed by atoms with Gasteiger partial charge in [-0.05, 0) is 59.8 Å². The Morgan fingerprint density at radius 2 is 2.12 bits per heavy atom. The van der Waals surface area contributed by atoms with Crippen LogP contribution in [0, 0.1) is 11.3 Å². The van der Waals surface area contributed by atoms with Gasteiger partial charge in [0.1, 0.15) is 18.0 Å². The zero-order chi connectivity index (χ0) is 24.8. The number of aliphatic imine (C=N–C) groups is 2. The van der Waals surface area contributed by atoms with Gasteiger partial charge in [0.2, 0.25) is 0 Å². The maximum atomic E-state index is 13.3. The van der Waals surface area contributed by atoms with Crippen molar-refractivity contribution in [3.8, 4) is 0 Å². The van der Waals surface area contributed by atoms with Crippen molar-refractivity contribution in [3.63, 3.8) is 0 Å². The third-order valence-corrected chi connectivity index (χ3v) is 5.41. The molecule has 1 aromatic carbocycles. The lowest BCUT2D eigenvalue weighted by molar-refractivity contribution is -0.137. The highest BCUT2D eigenvalue weighted by Crippen LogP contribution is 2.34. The molecule has 4 N–H and O–H groups in total. The Bertz CT molecular complexity index is 1000. The molecule has 0 radical (unpaired) electrons. The number of halogens is 5. The van der Waals surface area contributed by atoms with Gasteiger partial charge in [0, 0.05) is 29.5 Å². The molecule has 1 atom stereocenters. The van der Waals surface area contributed by atoms with Crippen molar-refractivity contribution in [1.82, 2.24) is 10.2 Å². The van der Waals surface area contributed by atoms with Crippen LogP contribution in [0.5, 0.6) is 0 Å². The number of allylic oxidation sites excluding steroid dienone is 1. The zero-order valence-corrected chi connectivity index (χ0v) is 20.0. The lowest BCUT2D eigenvalue weighted by atomic mass is 10.1. The minimum Gasteiger partial charge on any atom is -0.404 e. The number of amides is 1. The number of hydrogen-bond acceptors (Lipinski definition) is 4. The van der Waals surface area contributed by atoms with Crippen LogP contribution < -0.4 is 11.1 Å². The van der Waals surface area contributed by atoms with Crippen LogP contribution in [0.15, 0.2) is 51.3 Å². The molecule has 1 unspecified atom stereocenters. The lowest BCUT2D eigenvalue weighted by Crippen LogP contribution is -2.48. The van der Waals surface area contributed by atoms with Crippen molar-refractivity contribution >= 4 is 51.8 Å². The monoisotopic (exact) mass is 546 g/mol. The molecule has 1 aliphatic carbocycles. The van der Waals surface area contributed by atoms with Crippen LogP contribution in [0.4, 0.5) is 13.2 Å². The van der Waals surface area contributed by atoms with Gasteiger partial charge < -0.3 is 16.0 Å². The van der Waals surface area contributed by atoms with E-state index in [0.717, 1.165) is 31.3 Å². The molecule has 0 saturated heterocycles. The first kappa shape index (κ1) is 26.6. The molecule has 7 nitrogen and oxygen atoms in total. The number of amidine groups is 1. The van der Waals surface area contributed by atoms with E-state index < -0.39 is 23.7 Å². The Morgan fingerprint density at radius 1 is 1.45 bits per heavy atom. The molecule has 2 rings (SSSR count). The third kappa shape index (κ3) is 8.01. The number of alkyl halides is 3. The van der Waals surface area contributed by atoms with E-state index in [1.165, 1.54) is 23.4 Å². The Balaban J connectivity index is 2.35. The second-order valence-corrected chi connectivity index (χ2v) is 8.68. The predicted octanol–water partition coefficient (Wildman–Crippen LogP) is 4.93. The second kappa shape index (κ2) is 11.5. The first-order valence-electron chi connectivity index (χ1n) is 9.79. The molecule has 1 amide bonds.